The summed E-state index contributed by atoms with van der Waals surface area (Å²) in [5.74, 6) is 0.0108. The van der Waals surface area contributed by atoms with E-state index in [-0.39, 0.29) is 22.8 Å². The second kappa shape index (κ2) is 9.08. The second-order valence-corrected chi connectivity index (χ2v) is 8.83. The van der Waals surface area contributed by atoms with Crippen molar-refractivity contribution in [1.82, 2.24) is 15.1 Å². The van der Waals surface area contributed by atoms with Gasteiger partial charge in [-0.3, -0.25) is 14.6 Å². The number of ketones is 1. The topological polar surface area (TPSA) is 35.6 Å². The number of rotatable bonds is 6. The molecule has 0 spiro atoms. The molecule has 2 aliphatic heterocycles. The van der Waals surface area contributed by atoms with E-state index in [1.54, 1.807) is 12.1 Å². The number of Topliss-reactive ketones (excluding diaryl/α,β-unsaturated/α-hetero) is 1. The number of nitrogens with zero attached hydrogens (tertiary/aromatic N) is 2. The average Bonchev–Trinajstić information content (AvgIpc) is 3.56. The molecule has 0 radical (unpaired) electrons. The van der Waals surface area contributed by atoms with Gasteiger partial charge >= 0.3 is 0 Å². The zero-order valence-corrected chi connectivity index (χ0v) is 17.2. The van der Waals surface area contributed by atoms with Gasteiger partial charge in [-0.2, -0.15) is 12.6 Å². The minimum Gasteiger partial charge on any atom is -0.314 e. The van der Waals surface area contributed by atoms with Crippen LogP contribution in [0, 0.1) is 11.7 Å². The summed E-state index contributed by atoms with van der Waals surface area (Å²) in [6.07, 6.45) is 5.06. The molecule has 1 N–H and O–H groups in total. The van der Waals surface area contributed by atoms with Crippen molar-refractivity contribution >= 4 is 18.4 Å². The van der Waals surface area contributed by atoms with E-state index in [4.69, 9.17) is 12.6 Å². The number of hydrogen-bond donors (Lipinski definition) is 2. The predicted molar refractivity (Wildman–Crippen MR) is 113 cm³/mol. The molecule has 6 heteroatoms. The number of halogens is 1. The number of piperidine rings is 1. The lowest BCUT2D eigenvalue weighted by molar-refractivity contribution is -0.126. The standard InChI is InChI=1S/C22H30FN3OS/c23-19-4-2-1-3-18(19)21(22(27)16-5-6-16)26-12-8-20(28)17(15-26)7-11-25-13-9-24-10-14-25/h1-4,7,16,20-21,24,28H,5-6,8-15H2. The number of carbonyl (C=O) groups excluding carboxylic acids is 1. The summed E-state index contributed by atoms with van der Waals surface area (Å²) in [5.41, 5.74) is 1.79. The van der Waals surface area contributed by atoms with E-state index in [9.17, 15) is 9.18 Å². The zero-order valence-electron chi connectivity index (χ0n) is 16.3. The molecule has 0 aromatic heterocycles. The highest BCUT2D eigenvalue weighted by Gasteiger charge is 2.40. The lowest BCUT2D eigenvalue weighted by atomic mass is 9.93. The van der Waals surface area contributed by atoms with Gasteiger partial charge in [-0.1, -0.05) is 24.3 Å². The molecule has 4 rings (SSSR count). The number of nitrogens with one attached hydrogen (secondary N) is 1. The number of hydrogen-bond acceptors (Lipinski definition) is 5. The van der Waals surface area contributed by atoms with Crippen molar-refractivity contribution in [3.8, 4) is 0 Å². The summed E-state index contributed by atoms with van der Waals surface area (Å²) in [7, 11) is 0. The van der Waals surface area contributed by atoms with Crippen LogP contribution < -0.4 is 5.32 Å². The largest absolute Gasteiger partial charge is 0.314 e. The van der Waals surface area contributed by atoms with Crippen LogP contribution in [0.5, 0.6) is 0 Å². The molecule has 3 fully saturated rings. The van der Waals surface area contributed by atoms with Crippen LogP contribution in [-0.2, 0) is 4.79 Å². The molecule has 152 valence electrons. The minimum atomic E-state index is -0.475. The summed E-state index contributed by atoms with van der Waals surface area (Å²) in [6, 6.07) is 6.29. The van der Waals surface area contributed by atoms with Crippen molar-refractivity contribution < 1.29 is 9.18 Å². The van der Waals surface area contributed by atoms with Gasteiger partial charge in [0, 0.05) is 62.5 Å². The third-order valence-electron chi connectivity index (χ3n) is 6.14. The highest BCUT2D eigenvalue weighted by Crippen LogP contribution is 2.39. The summed E-state index contributed by atoms with van der Waals surface area (Å²) < 4.78 is 14.6. The van der Waals surface area contributed by atoms with Crippen LogP contribution in [0.25, 0.3) is 0 Å². The molecule has 28 heavy (non-hydrogen) atoms. The quantitative estimate of drug-likeness (QED) is 0.566. The van der Waals surface area contributed by atoms with E-state index >= 15 is 0 Å². The van der Waals surface area contributed by atoms with Gasteiger partial charge in [-0.05, 0) is 30.9 Å². The smallest absolute Gasteiger partial charge is 0.157 e. The van der Waals surface area contributed by atoms with Crippen molar-refractivity contribution in [2.45, 2.75) is 30.6 Å². The Morgan fingerprint density at radius 2 is 1.96 bits per heavy atom. The molecule has 0 amide bonds. The average molecular weight is 404 g/mol. The molecule has 2 unspecified atom stereocenters. The van der Waals surface area contributed by atoms with Crippen LogP contribution in [0.3, 0.4) is 0 Å². The Hall–Kier alpha value is -1.21. The fourth-order valence-corrected chi connectivity index (χ4v) is 4.57. The van der Waals surface area contributed by atoms with Crippen molar-refractivity contribution in [2.75, 3.05) is 45.8 Å². The molecular formula is C22H30FN3OS. The number of benzene rings is 1. The van der Waals surface area contributed by atoms with Crippen molar-refractivity contribution in [2.24, 2.45) is 5.92 Å². The van der Waals surface area contributed by atoms with Gasteiger partial charge in [0.2, 0.25) is 0 Å². The molecule has 2 saturated heterocycles. The van der Waals surface area contributed by atoms with Crippen molar-refractivity contribution in [3.63, 3.8) is 0 Å². The van der Waals surface area contributed by atoms with Crippen molar-refractivity contribution in [1.29, 1.82) is 0 Å². The second-order valence-electron chi connectivity index (χ2n) is 8.21. The summed E-state index contributed by atoms with van der Waals surface area (Å²) in [5, 5.41) is 3.60. The first-order valence-corrected chi connectivity index (χ1v) is 11.0. The SMILES string of the molecule is O=C(C1CC1)C(c1ccccc1F)N1CCC(S)C(=CCN2CCNCC2)C1. The third kappa shape index (κ3) is 4.67. The Morgan fingerprint density at radius 3 is 2.68 bits per heavy atom. The van der Waals surface area contributed by atoms with Crippen LogP contribution in [0.15, 0.2) is 35.9 Å². The van der Waals surface area contributed by atoms with Gasteiger partial charge in [-0.25, -0.2) is 4.39 Å². The van der Waals surface area contributed by atoms with E-state index in [1.165, 1.54) is 11.6 Å². The van der Waals surface area contributed by atoms with Crippen LogP contribution in [0.2, 0.25) is 0 Å². The van der Waals surface area contributed by atoms with Gasteiger partial charge in [0.25, 0.3) is 0 Å². The molecule has 3 aliphatic rings. The summed E-state index contributed by atoms with van der Waals surface area (Å²) >= 11 is 4.79. The summed E-state index contributed by atoms with van der Waals surface area (Å²) in [6.45, 7) is 6.57. The highest BCUT2D eigenvalue weighted by molar-refractivity contribution is 7.81. The predicted octanol–water partition coefficient (Wildman–Crippen LogP) is 2.68. The molecule has 0 bridgehead atoms. The molecule has 4 nitrogen and oxygen atoms in total. The lowest BCUT2D eigenvalue weighted by Crippen LogP contribution is -2.44. The van der Waals surface area contributed by atoms with Gasteiger partial charge < -0.3 is 5.32 Å². The molecule has 2 atom stereocenters. The fraction of sp³-hybridized carbons (Fsp3) is 0.591. The number of thiol groups is 1. The number of likely N-dealkylation sites (tertiary alicyclic amines) is 1. The van der Waals surface area contributed by atoms with E-state index in [0.717, 1.165) is 58.5 Å². The van der Waals surface area contributed by atoms with Gasteiger partial charge in [-0.15, -0.1) is 0 Å². The molecule has 1 aromatic carbocycles. The Labute approximate surface area is 172 Å². The molecule has 1 aliphatic carbocycles. The van der Waals surface area contributed by atoms with Crippen LogP contribution in [0.1, 0.15) is 30.9 Å². The first-order valence-electron chi connectivity index (χ1n) is 10.5. The van der Waals surface area contributed by atoms with Gasteiger partial charge in [0.15, 0.2) is 5.78 Å². The van der Waals surface area contributed by atoms with E-state index in [2.05, 4.69) is 21.2 Å². The molecule has 2 heterocycles. The number of piperazine rings is 1. The highest BCUT2D eigenvalue weighted by atomic mass is 32.1. The Kier molecular flexibility index (Phi) is 6.51. The van der Waals surface area contributed by atoms with Gasteiger partial charge in [0.05, 0.1) is 6.04 Å². The minimum absolute atomic E-state index is 0.103. The van der Waals surface area contributed by atoms with Crippen LogP contribution in [-0.4, -0.2) is 66.6 Å². The zero-order chi connectivity index (χ0) is 19.5. The normalized spacial score (nSPS) is 27.1. The first-order chi connectivity index (χ1) is 13.6. The maximum Gasteiger partial charge on any atom is 0.157 e. The van der Waals surface area contributed by atoms with E-state index < -0.39 is 6.04 Å². The molecule has 1 saturated carbocycles. The fourth-order valence-electron chi connectivity index (χ4n) is 4.27. The van der Waals surface area contributed by atoms with Crippen LogP contribution in [0.4, 0.5) is 4.39 Å². The van der Waals surface area contributed by atoms with Gasteiger partial charge in [0.1, 0.15) is 5.82 Å². The lowest BCUT2D eigenvalue weighted by Gasteiger charge is -2.38. The molecule has 1 aromatic rings. The maximum absolute atomic E-state index is 14.6. The number of carbonyl (C=O) groups is 1. The van der Waals surface area contributed by atoms with Crippen LogP contribution >= 0.6 is 12.6 Å². The molecular weight excluding hydrogens is 373 g/mol. The monoisotopic (exact) mass is 403 g/mol. The van der Waals surface area contributed by atoms with Crippen molar-refractivity contribution in [3.05, 3.63) is 47.3 Å². The Morgan fingerprint density at radius 1 is 1.21 bits per heavy atom. The Bertz CT molecular complexity index is 730. The summed E-state index contributed by atoms with van der Waals surface area (Å²) in [4.78, 5) is 17.7. The Balaban J connectivity index is 1.53. The van der Waals surface area contributed by atoms with E-state index in [1.807, 2.05) is 6.07 Å². The third-order valence-corrected chi connectivity index (χ3v) is 6.73. The van der Waals surface area contributed by atoms with E-state index in [0.29, 0.717) is 12.1 Å². The first kappa shape index (κ1) is 20.1. The maximum atomic E-state index is 14.6.